The smallest absolute Gasteiger partial charge is 0.273 e. The van der Waals surface area contributed by atoms with E-state index in [1.165, 1.54) is 6.33 Å². The van der Waals surface area contributed by atoms with E-state index in [1.807, 2.05) is 17.0 Å². The van der Waals surface area contributed by atoms with Crippen LogP contribution in [0.25, 0.3) is 5.78 Å². The van der Waals surface area contributed by atoms with Gasteiger partial charge in [0.1, 0.15) is 23.5 Å². The van der Waals surface area contributed by atoms with Gasteiger partial charge < -0.3 is 9.42 Å². The number of nitrogens with zero attached hydrogens (tertiary/aromatic N) is 6. The summed E-state index contributed by atoms with van der Waals surface area (Å²) in [5, 5.41) is 8.43. The molecule has 1 aliphatic rings. The fourth-order valence-corrected chi connectivity index (χ4v) is 3.55. The molecule has 0 saturated carbocycles. The summed E-state index contributed by atoms with van der Waals surface area (Å²) in [5.41, 5.74) is 2.14. The second-order valence-electron chi connectivity index (χ2n) is 7.66. The second-order valence-corrected chi connectivity index (χ2v) is 7.66. The normalized spacial score (nSPS) is 17.6. The average molecular weight is 368 g/mol. The van der Waals surface area contributed by atoms with Gasteiger partial charge in [-0.1, -0.05) is 32.9 Å². The molecule has 1 amide bonds. The van der Waals surface area contributed by atoms with E-state index in [9.17, 15) is 4.79 Å². The van der Waals surface area contributed by atoms with Gasteiger partial charge in [-0.05, 0) is 24.8 Å². The zero-order valence-corrected chi connectivity index (χ0v) is 16.1. The van der Waals surface area contributed by atoms with Gasteiger partial charge in [-0.3, -0.25) is 4.79 Å². The number of hydrogen-bond acceptors (Lipinski definition) is 6. The predicted octanol–water partition coefficient (Wildman–Crippen LogP) is 3.34. The van der Waals surface area contributed by atoms with Crippen LogP contribution in [-0.2, 0) is 0 Å². The minimum atomic E-state index is -0.0982. The summed E-state index contributed by atoms with van der Waals surface area (Å²) in [6.45, 7) is 8.93. The summed E-state index contributed by atoms with van der Waals surface area (Å²) >= 11 is 0. The molecule has 8 nitrogen and oxygen atoms in total. The van der Waals surface area contributed by atoms with Crippen molar-refractivity contribution < 1.29 is 9.32 Å². The third-order valence-electron chi connectivity index (χ3n) is 5.06. The molecule has 3 aromatic rings. The number of amides is 1. The van der Waals surface area contributed by atoms with Gasteiger partial charge in [-0.25, -0.2) is 9.50 Å². The molecule has 142 valence electrons. The van der Waals surface area contributed by atoms with E-state index in [1.54, 1.807) is 4.52 Å². The zero-order valence-electron chi connectivity index (χ0n) is 16.1. The molecule has 4 heterocycles. The van der Waals surface area contributed by atoms with Crippen molar-refractivity contribution in [1.29, 1.82) is 0 Å². The Bertz CT molecular complexity index is 974. The van der Waals surface area contributed by atoms with Crippen LogP contribution in [-0.4, -0.2) is 42.1 Å². The van der Waals surface area contributed by atoms with E-state index < -0.39 is 0 Å². The minimum Gasteiger partial charge on any atom is -0.361 e. The van der Waals surface area contributed by atoms with Crippen LogP contribution in [0.5, 0.6) is 0 Å². The van der Waals surface area contributed by atoms with Crippen LogP contribution in [0.3, 0.4) is 0 Å². The molecular weight excluding hydrogens is 344 g/mol. The molecule has 0 aromatic carbocycles. The molecule has 1 unspecified atom stereocenters. The number of carbonyl (C=O) groups excluding carboxylic acids is 1. The SMILES string of the molecule is CC(C)c1cc(C2CCCN2C(=O)c2cc(C(C)C)n3ncnc3n2)no1. The molecule has 8 heteroatoms. The number of likely N-dealkylation sites (tertiary alicyclic amines) is 1. The monoisotopic (exact) mass is 368 g/mol. The summed E-state index contributed by atoms with van der Waals surface area (Å²) in [5.74, 6) is 1.65. The second kappa shape index (κ2) is 6.75. The fraction of sp³-hybridized carbons (Fsp3) is 0.526. The van der Waals surface area contributed by atoms with Crippen molar-refractivity contribution in [1.82, 2.24) is 29.6 Å². The van der Waals surface area contributed by atoms with E-state index in [0.717, 1.165) is 30.0 Å². The van der Waals surface area contributed by atoms with Crippen LogP contribution >= 0.6 is 0 Å². The van der Waals surface area contributed by atoms with Gasteiger partial charge in [0.2, 0.25) is 0 Å². The lowest BCUT2D eigenvalue weighted by atomic mass is 10.1. The summed E-state index contributed by atoms with van der Waals surface area (Å²) in [6, 6.07) is 3.72. The van der Waals surface area contributed by atoms with Gasteiger partial charge in [-0.2, -0.15) is 10.1 Å². The topological polar surface area (TPSA) is 89.4 Å². The van der Waals surface area contributed by atoms with Crippen molar-refractivity contribution in [2.24, 2.45) is 0 Å². The predicted molar refractivity (Wildman–Crippen MR) is 98.5 cm³/mol. The van der Waals surface area contributed by atoms with Crippen LogP contribution in [0, 0.1) is 0 Å². The molecule has 4 rings (SSSR count). The molecule has 0 bridgehead atoms. The van der Waals surface area contributed by atoms with E-state index >= 15 is 0 Å². The molecule has 0 aliphatic carbocycles. The summed E-state index contributed by atoms with van der Waals surface area (Å²) in [7, 11) is 0. The third-order valence-corrected chi connectivity index (χ3v) is 5.06. The van der Waals surface area contributed by atoms with Crippen LogP contribution in [0.1, 0.15) is 86.1 Å². The van der Waals surface area contributed by atoms with E-state index in [2.05, 4.69) is 47.9 Å². The van der Waals surface area contributed by atoms with Crippen molar-refractivity contribution in [3.8, 4) is 0 Å². The molecule has 27 heavy (non-hydrogen) atoms. The van der Waals surface area contributed by atoms with Gasteiger partial charge in [0, 0.05) is 18.5 Å². The third kappa shape index (κ3) is 3.09. The standard InChI is InChI=1S/C19H24N6O2/c1-11(2)16-8-14(22-19-20-10-21-25(16)19)18(26)24-7-5-6-15(24)13-9-17(12(3)4)27-23-13/h8-12,15H,5-7H2,1-4H3. The largest absolute Gasteiger partial charge is 0.361 e. The summed E-state index contributed by atoms with van der Waals surface area (Å²) in [6.07, 6.45) is 3.27. The average Bonchev–Trinajstić information content (AvgIpc) is 3.38. The fourth-order valence-electron chi connectivity index (χ4n) is 3.55. The van der Waals surface area contributed by atoms with Crippen molar-refractivity contribution in [2.75, 3.05) is 6.54 Å². The minimum absolute atomic E-state index is 0.0767. The number of fused-ring (bicyclic) bond motifs is 1. The first-order chi connectivity index (χ1) is 13.0. The molecule has 1 aliphatic heterocycles. The Balaban J connectivity index is 1.68. The lowest BCUT2D eigenvalue weighted by molar-refractivity contribution is 0.0724. The maximum Gasteiger partial charge on any atom is 0.273 e. The molecule has 1 fully saturated rings. The van der Waals surface area contributed by atoms with Gasteiger partial charge in [0.05, 0.1) is 11.7 Å². The number of carbonyl (C=O) groups is 1. The van der Waals surface area contributed by atoms with E-state index in [-0.39, 0.29) is 23.8 Å². The Morgan fingerprint density at radius 3 is 2.74 bits per heavy atom. The lowest BCUT2D eigenvalue weighted by Gasteiger charge is -2.23. The maximum atomic E-state index is 13.3. The number of aromatic nitrogens is 5. The Morgan fingerprint density at radius 2 is 2.04 bits per heavy atom. The van der Waals surface area contributed by atoms with E-state index in [4.69, 9.17) is 4.52 Å². The number of hydrogen-bond donors (Lipinski definition) is 0. The van der Waals surface area contributed by atoms with Gasteiger partial charge in [0.15, 0.2) is 0 Å². The van der Waals surface area contributed by atoms with Crippen LogP contribution in [0.2, 0.25) is 0 Å². The van der Waals surface area contributed by atoms with Crippen molar-refractivity contribution >= 4 is 11.7 Å². The molecule has 1 atom stereocenters. The molecule has 0 N–H and O–H groups in total. The van der Waals surface area contributed by atoms with Gasteiger partial charge in [0.25, 0.3) is 11.7 Å². The molecular formula is C19H24N6O2. The highest BCUT2D eigenvalue weighted by Crippen LogP contribution is 2.34. The first-order valence-electron chi connectivity index (χ1n) is 9.44. The van der Waals surface area contributed by atoms with Crippen LogP contribution in [0.4, 0.5) is 0 Å². The molecule has 0 spiro atoms. The van der Waals surface area contributed by atoms with Crippen molar-refractivity contribution in [3.05, 3.63) is 41.3 Å². The Hall–Kier alpha value is -2.77. The lowest BCUT2D eigenvalue weighted by Crippen LogP contribution is -2.31. The van der Waals surface area contributed by atoms with Crippen LogP contribution < -0.4 is 0 Å². The number of rotatable bonds is 4. The molecule has 3 aromatic heterocycles. The first-order valence-corrected chi connectivity index (χ1v) is 9.44. The van der Waals surface area contributed by atoms with Crippen molar-refractivity contribution in [3.63, 3.8) is 0 Å². The summed E-state index contributed by atoms with van der Waals surface area (Å²) < 4.78 is 7.13. The van der Waals surface area contributed by atoms with E-state index in [0.29, 0.717) is 18.0 Å². The summed E-state index contributed by atoms with van der Waals surface area (Å²) in [4.78, 5) is 23.7. The Kier molecular flexibility index (Phi) is 4.41. The Morgan fingerprint density at radius 1 is 1.22 bits per heavy atom. The first kappa shape index (κ1) is 17.6. The van der Waals surface area contributed by atoms with Crippen molar-refractivity contribution in [2.45, 2.75) is 58.4 Å². The molecule has 1 saturated heterocycles. The molecule has 0 radical (unpaired) electrons. The quantitative estimate of drug-likeness (QED) is 0.702. The zero-order chi connectivity index (χ0) is 19.1. The highest BCUT2D eigenvalue weighted by Gasteiger charge is 2.34. The van der Waals surface area contributed by atoms with Crippen LogP contribution in [0.15, 0.2) is 23.0 Å². The Labute approximate surface area is 157 Å². The van der Waals surface area contributed by atoms with Gasteiger partial charge in [-0.15, -0.1) is 0 Å². The van der Waals surface area contributed by atoms with Gasteiger partial charge >= 0.3 is 0 Å². The highest BCUT2D eigenvalue weighted by molar-refractivity contribution is 5.93. The highest BCUT2D eigenvalue weighted by atomic mass is 16.5. The maximum absolute atomic E-state index is 13.3.